The Morgan fingerprint density at radius 1 is 0.955 bits per heavy atom. The lowest BCUT2D eigenvalue weighted by Gasteiger charge is -2.39. The van der Waals surface area contributed by atoms with Gasteiger partial charge in [-0.15, -0.1) is 0 Å². The number of rotatable bonds is 5. The van der Waals surface area contributed by atoms with Gasteiger partial charge in [-0.25, -0.2) is 0 Å². The molecule has 1 aliphatic carbocycles. The van der Waals surface area contributed by atoms with Gasteiger partial charge in [0.1, 0.15) is 0 Å². The van der Waals surface area contributed by atoms with Gasteiger partial charge in [0.15, 0.2) is 0 Å². The third kappa shape index (κ3) is 4.09. The van der Waals surface area contributed by atoms with Crippen LogP contribution in [0.15, 0.2) is 24.3 Å². The summed E-state index contributed by atoms with van der Waals surface area (Å²) in [4.78, 5) is 2.74. The second-order valence-corrected chi connectivity index (χ2v) is 6.91. The second-order valence-electron chi connectivity index (χ2n) is 6.91. The van der Waals surface area contributed by atoms with Crippen LogP contribution < -0.4 is 5.32 Å². The van der Waals surface area contributed by atoms with Crippen molar-refractivity contribution < 1.29 is 5.11 Å². The van der Waals surface area contributed by atoms with Gasteiger partial charge in [0, 0.05) is 18.6 Å². The van der Waals surface area contributed by atoms with Crippen LogP contribution in [0.5, 0.6) is 0 Å². The molecule has 3 heteroatoms. The van der Waals surface area contributed by atoms with Crippen molar-refractivity contribution in [3.63, 3.8) is 0 Å². The van der Waals surface area contributed by atoms with Gasteiger partial charge in [-0.1, -0.05) is 43.5 Å². The lowest BCUT2D eigenvalue weighted by molar-refractivity contribution is 0.115. The SMILES string of the molecule is OCc1ccccc1CNC1CCN(C2CCCCC2)CC1. The van der Waals surface area contributed by atoms with Crippen LogP contribution in [0, 0.1) is 0 Å². The molecule has 122 valence electrons. The minimum Gasteiger partial charge on any atom is -0.392 e. The zero-order valence-electron chi connectivity index (χ0n) is 13.6. The number of likely N-dealkylation sites (tertiary alicyclic amines) is 1. The number of nitrogens with one attached hydrogen (secondary N) is 1. The van der Waals surface area contributed by atoms with Crippen molar-refractivity contribution in [2.24, 2.45) is 0 Å². The summed E-state index contributed by atoms with van der Waals surface area (Å²) in [5.74, 6) is 0. The van der Waals surface area contributed by atoms with Gasteiger partial charge in [-0.05, 0) is 49.9 Å². The molecule has 1 heterocycles. The van der Waals surface area contributed by atoms with Crippen LogP contribution >= 0.6 is 0 Å². The maximum Gasteiger partial charge on any atom is 0.0685 e. The molecular formula is C19H30N2O. The van der Waals surface area contributed by atoms with Gasteiger partial charge in [0.2, 0.25) is 0 Å². The van der Waals surface area contributed by atoms with Gasteiger partial charge in [0.25, 0.3) is 0 Å². The van der Waals surface area contributed by atoms with E-state index in [0.717, 1.165) is 18.2 Å². The van der Waals surface area contributed by atoms with Crippen molar-refractivity contribution in [1.82, 2.24) is 10.2 Å². The Hall–Kier alpha value is -0.900. The largest absolute Gasteiger partial charge is 0.392 e. The third-order valence-corrected chi connectivity index (χ3v) is 5.49. The smallest absolute Gasteiger partial charge is 0.0685 e. The Kier molecular flexibility index (Phi) is 5.88. The number of piperidine rings is 1. The van der Waals surface area contributed by atoms with Gasteiger partial charge < -0.3 is 15.3 Å². The zero-order chi connectivity index (χ0) is 15.2. The minimum absolute atomic E-state index is 0.137. The van der Waals surface area contributed by atoms with Crippen molar-refractivity contribution in [2.45, 2.75) is 70.2 Å². The minimum atomic E-state index is 0.137. The average Bonchev–Trinajstić information content (AvgIpc) is 2.61. The molecule has 0 spiro atoms. The van der Waals surface area contributed by atoms with Gasteiger partial charge in [-0.2, -0.15) is 0 Å². The summed E-state index contributed by atoms with van der Waals surface area (Å²) in [6.07, 6.45) is 9.67. The Morgan fingerprint density at radius 3 is 2.32 bits per heavy atom. The molecule has 22 heavy (non-hydrogen) atoms. The lowest BCUT2D eigenvalue weighted by atomic mass is 9.92. The molecule has 0 atom stereocenters. The Bertz CT molecular complexity index is 449. The van der Waals surface area contributed by atoms with Crippen LogP contribution in [0.2, 0.25) is 0 Å². The van der Waals surface area contributed by atoms with E-state index in [1.165, 1.54) is 63.6 Å². The molecular weight excluding hydrogens is 272 g/mol. The van der Waals surface area contributed by atoms with E-state index < -0.39 is 0 Å². The summed E-state index contributed by atoms with van der Waals surface area (Å²) in [6, 6.07) is 9.69. The van der Waals surface area contributed by atoms with Crippen LogP contribution in [-0.2, 0) is 13.2 Å². The first-order valence-corrected chi connectivity index (χ1v) is 9.02. The zero-order valence-corrected chi connectivity index (χ0v) is 13.6. The molecule has 1 aliphatic heterocycles. The van der Waals surface area contributed by atoms with Crippen LogP contribution in [0.25, 0.3) is 0 Å². The Labute approximate surface area is 134 Å². The molecule has 2 aliphatic rings. The highest BCUT2D eigenvalue weighted by molar-refractivity contribution is 5.26. The fourth-order valence-electron chi connectivity index (χ4n) is 4.05. The van der Waals surface area contributed by atoms with Crippen LogP contribution in [0.4, 0.5) is 0 Å². The van der Waals surface area contributed by atoms with E-state index in [1.54, 1.807) is 0 Å². The third-order valence-electron chi connectivity index (χ3n) is 5.49. The molecule has 2 N–H and O–H groups in total. The first kappa shape index (κ1) is 16.0. The quantitative estimate of drug-likeness (QED) is 0.877. The molecule has 1 aromatic carbocycles. The number of aliphatic hydroxyl groups is 1. The van der Waals surface area contributed by atoms with E-state index in [2.05, 4.69) is 22.3 Å². The summed E-state index contributed by atoms with van der Waals surface area (Å²) in [6.45, 7) is 3.52. The summed E-state index contributed by atoms with van der Waals surface area (Å²) in [7, 11) is 0. The van der Waals surface area contributed by atoms with E-state index >= 15 is 0 Å². The molecule has 0 amide bonds. The normalized spacial score (nSPS) is 22.0. The fourth-order valence-corrected chi connectivity index (χ4v) is 4.05. The molecule has 0 unspecified atom stereocenters. The highest BCUT2D eigenvalue weighted by Gasteiger charge is 2.25. The second kappa shape index (κ2) is 8.09. The molecule has 0 aromatic heterocycles. The first-order chi connectivity index (χ1) is 10.9. The molecule has 2 fully saturated rings. The lowest BCUT2D eigenvalue weighted by Crippen LogP contribution is -2.47. The van der Waals surface area contributed by atoms with E-state index in [-0.39, 0.29) is 6.61 Å². The van der Waals surface area contributed by atoms with Crippen LogP contribution in [0.3, 0.4) is 0 Å². The van der Waals surface area contributed by atoms with E-state index in [4.69, 9.17) is 0 Å². The van der Waals surface area contributed by atoms with Crippen molar-refractivity contribution in [3.8, 4) is 0 Å². The van der Waals surface area contributed by atoms with Crippen molar-refractivity contribution in [1.29, 1.82) is 0 Å². The molecule has 0 bridgehead atoms. The summed E-state index contributed by atoms with van der Waals surface area (Å²) < 4.78 is 0. The van der Waals surface area contributed by atoms with E-state index in [0.29, 0.717) is 6.04 Å². The van der Waals surface area contributed by atoms with Gasteiger partial charge >= 0.3 is 0 Å². The fraction of sp³-hybridized carbons (Fsp3) is 0.684. The maximum absolute atomic E-state index is 9.40. The van der Waals surface area contributed by atoms with E-state index in [9.17, 15) is 5.11 Å². The van der Waals surface area contributed by atoms with Gasteiger partial charge in [0.05, 0.1) is 6.61 Å². The molecule has 1 saturated heterocycles. The monoisotopic (exact) mass is 302 g/mol. The highest BCUT2D eigenvalue weighted by Crippen LogP contribution is 2.25. The molecule has 1 saturated carbocycles. The highest BCUT2D eigenvalue weighted by atomic mass is 16.3. The summed E-state index contributed by atoms with van der Waals surface area (Å²) in [5, 5.41) is 13.1. The van der Waals surface area contributed by atoms with E-state index in [1.807, 2.05) is 12.1 Å². The van der Waals surface area contributed by atoms with Crippen molar-refractivity contribution >= 4 is 0 Å². The molecule has 3 rings (SSSR count). The number of hydrogen-bond acceptors (Lipinski definition) is 3. The summed E-state index contributed by atoms with van der Waals surface area (Å²) >= 11 is 0. The van der Waals surface area contributed by atoms with Crippen LogP contribution in [0.1, 0.15) is 56.1 Å². The topological polar surface area (TPSA) is 35.5 Å². The van der Waals surface area contributed by atoms with Crippen molar-refractivity contribution in [2.75, 3.05) is 13.1 Å². The van der Waals surface area contributed by atoms with Gasteiger partial charge in [-0.3, -0.25) is 0 Å². The first-order valence-electron chi connectivity index (χ1n) is 9.02. The number of benzene rings is 1. The maximum atomic E-state index is 9.40. The van der Waals surface area contributed by atoms with Crippen molar-refractivity contribution in [3.05, 3.63) is 35.4 Å². The standard InChI is InChI=1S/C19H30N2O/c22-15-17-7-5-4-6-16(17)14-20-18-10-12-21(13-11-18)19-8-2-1-3-9-19/h4-7,18-20,22H,1-3,8-15H2. The predicted octanol–water partition coefficient (Wildman–Crippen LogP) is 3.07. The van der Waals surface area contributed by atoms with Crippen LogP contribution in [-0.4, -0.2) is 35.2 Å². The number of aliphatic hydroxyl groups excluding tert-OH is 1. The molecule has 0 radical (unpaired) electrons. The summed E-state index contributed by atoms with van der Waals surface area (Å²) in [5.41, 5.74) is 2.29. The average molecular weight is 302 g/mol. The number of nitrogens with zero attached hydrogens (tertiary/aromatic N) is 1. The Morgan fingerprint density at radius 2 is 1.64 bits per heavy atom. The molecule has 3 nitrogen and oxygen atoms in total. The Balaban J connectivity index is 1.44. The molecule has 1 aromatic rings. The number of hydrogen-bond donors (Lipinski definition) is 2. The predicted molar refractivity (Wildman–Crippen MR) is 90.7 cm³/mol.